The van der Waals surface area contributed by atoms with E-state index in [2.05, 4.69) is 20.4 Å². The molecule has 0 aliphatic carbocycles. The van der Waals surface area contributed by atoms with Gasteiger partial charge in [0.1, 0.15) is 0 Å². The van der Waals surface area contributed by atoms with Crippen molar-refractivity contribution < 1.29 is 0 Å². The Morgan fingerprint density at radius 1 is 0.882 bits per heavy atom. The molecule has 5 nitrogen and oxygen atoms in total. The van der Waals surface area contributed by atoms with E-state index in [-0.39, 0.29) is 0 Å². The van der Waals surface area contributed by atoms with Crippen molar-refractivity contribution in [2.75, 3.05) is 5.73 Å². The fourth-order valence-corrected chi connectivity index (χ4v) is 1.81. The first-order valence-electron chi connectivity index (χ1n) is 5.24. The standard InChI is InChI=1S/C12H11N5/c13-10-7-15-17-12(10)9-6-14-16-11(9)8-4-2-1-3-5-8/h1-7H,13H2,(H,14,16)(H,15,17). The Labute approximate surface area is 97.7 Å². The zero-order valence-corrected chi connectivity index (χ0v) is 9.01. The monoisotopic (exact) mass is 225 g/mol. The van der Waals surface area contributed by atoms with Crippen molar-refractivity contribution in [1.29, 1.82) is 0 Å². The number of anilines is 1. The molecule has 0 aliphatic rings. The summed E-state index contributed by atoms with van der Waals surface area (Å²) in [4.78, 5) is 0. The lowest BCUT2D eigenvalue weighted by Gasteiger charge is -2.01. The Kier molecular flexibility index (Phi) is 2.15. The molecule has 4 N–H and O–H groups in total. The third kappa shape index (κ3) is 1.57. The van der Waals surface area contributed by atoms with E-state index in [0.29, 0.717) is 5.69 Å². The van der Waals surface area contributed by atoms with Gasteiger partial charge in [-0.1, -0.05) is 30.3 Å². The average molecular weight is 225 g/mol. The van der Waals surface area contributed by atoms with Gasteiger partial charge >= 0.3 is 0 Å². The van der Waals surface area contributed by atoms with Crippen LogP contribution in [0, 0.1) is 0 Å². The Morgan fingerprint density at radius 2 is 1.59 bits per heavy atom. The van der Waals surface area contributed by atoms with Gasteiger partial charge in [-0.05, 0) is 0 Å². The highest BCUT2D eigenvalue weighted by atomic mass is 15.1. The van der Waals surface area contributed by atoms with E-state index >= 15 is 0 Å². The molecule has 1 aromatic carbocycles. The fourth-order valence-electron chi connectivity index (χ4n) is 1.81. The molecule has 0 radical (unpaired) electrons. The SMILES string of the molecule is Nc1cn[nH]c1-c1cn[nH]c1-c1ccccc1. The van der Waals surface area contributed by atoms with Crippen molar-refractivity contribution in [3.05, 3.63) is 42.7 Å². The molecule has 0 saturated carbocycles. The molecule has 3 aromatic rings. The zero-order valence-electron chi connectivity index (χ0n) is 9.01. The van der Waals surface area contributed by atoms with Crippen LogP contribution in [-0.2, 0) is 0 Å². The summed E-state index contributed by atoms with van der Waals surface area (Å²) < 4.78 is 0. The van der Waals surface area contributed by atoms with Crippen molar-refractivity contribution in [1.82, 2.24) is 20.4 Å². The summed E-state index contributed by atoms with van der Waals surface area (Å²) in [5.41, 5.74) is 10.2. The largest absolute Gasteiger partial charge is 0.396 e. The number of hydrogen-bond donors (Lipinski definition) is 3. The van der Waals surface area contributed by atoms with Gasteiger partial charge in [0.15, 0.2) is 0 Å². The second-order valence-corrected chi connectivity index (χ2v) is 3.73. The van der Waals surface area contributed by atoms with E-state index in [1.165, 1.54) is 0 Å². The van der Waals surface area contributed by atoms with E-state index in [1.54, 1.807) is 12.4 Å². The minimum atomic E-state index is 0.614. The summed E-state index contributed by atoms with van der Waals surface area (Å²) >= 11 is 0. The second kappa shape index (κ2) is 3.79. The smallest absolute Gasteiger partial charge is 0.0917 e. The van der Waals surface area contributed by atoms with Crippen LogP contribution in [0.5, 0.6) is 0 Å². The molecular formula is C12H11N5. The lowest BCUT2D eigenvalue weighted by atomic mass is 10.1. The predicted octanol–water partition coefficient (Wildman–Crippen LogP) is 2.05. The highest BCUT2D eigenvalue weighted by Gasteiger charge is 2.13. The molecule has 0 amide bonds. The number of aromatic amines is 2. The van der Waals surface area contributed by atoms with E-state index in [9.17, 15) is 0 Å². The number of nitrogen functional groups attached to an aromatic ring is 1. The summed E-state index contributed by atoms with van der Waals surface area (Å²) in [5.74, 6) is 0. The number of hydrogen-bond acceptors (Lipinski definition) is 3. The minimum Gasteiger partial charge on any atom is -0.396 e. The Hall–Kier alpha value is -2.56. The van der Waals surface area contributed by atoms with Gasteiger partial charge in [-0.15, -0.1) is 0 Å². The molecule has 0 bridgehead atoms. The van der Waals surface area contributed by atoms with Gasteiger partial charge in [0.05, 0.1) is 29.5 Å². The summed E-state index contributed by atoms with van der Waals surface area (Å²) in [7, 11) is 0. The first-order valence-corrected chi connectivity index (χ1v) is 5.24. The van der Waals surface area contributed by atoms with Crippen LogP contribution < -0.4 is 5.73 Å². The number of nitrogens with two attached hydrogens (primary N) is 1. The maximum Gasteiger partial charge on any atom is 0.0917 e. The summed E-state index contributed by atoms with van der Waals surface area (Å²) in [6.07, 6.45) is 3.34. The number of nitrogens with one attached hydrogen (secondary N) is 2. The molecule has 0 spiro atoms. The second-order valence-electron chi connectivity index (χ2n) is 3.73. The van der Waals surface area contributed by atoms with E-state index < -0.39 is 0 Å². The molecule has 0 unspecified atom stereocenters. The number of aromatic nitrogens is 4. The maximum atomic E-state index is 5.84. The predicted molar refractivity (Wildman–Crippen MR) is 66.0 cm³/mol. The Morgan fingerprint density at radius 3 is 2.29 bits per heavy atom. The molecule has 0 fully saturated rings. The van der Waals surface area contributed by atoms with Crippen LogP contribution in [0.3, 0.4) is 0 Å². The molecule has 17 heavy (non-hydrogen) atoms. The summed E-state index contributed by atoms with van der Waals surface area (Å²) in [5, 5.41) is 13.9. The van der Waals surface area contributed by atoms with Crippen LogP contribution in [0.2, 0.25) is 0 Å². The van der Waals surface area contributed by atoms with Crippen molar-refractivity contribution in [2.24, 2.45) is 0 Å². The van der Waals surface area contributed by atoms with E-state index in [4.69, 9.17) is 5.73 Å². The molecule has 5 heteroatoms. The van der Waals surface area contributed by atoms with Gasteiger partial charge in [-0.3, -0.25) is 10.2 Å². The van der Waals surface area contributed by atoms with Crippen LogP contribution in [-0.4, -0.2) is 20.4 Å². The third-order valence-corrected chi connectivity index (χ3v) is 2.64. The normalized spacial score (nSPS) is 10.6. The highest BCUT2D eigenvalue weighted by molar-refractivity contribution is 5.83. The summed E-state index contributed by atoms with van der Waals surface area (Å²) in [6, 6.07) is 9.98. The van der Waals surface area contributed by atoms with Gasteiger partial charge in [-0.2, -0.15) is 10.2 Å². The molecule has 2 heterocycles. The van der Waals surface area contributed by atoms with Gasteiger partial charge in [-0.25, -0.2) is 0 Å². The highest BCUT2D eigenvalue weighted by Crippen LogP contribution is 2.31. The minimum absolute atomic E-state index is 0.614. The maximum absolute atomic E-state index is 5.84. The number of benzene rings is 1. The number of rotatable bonds is 2. The van der Waals surface area contributed by atoms with Crippen LogP contribution in [0.15, 0.2) is 42.7 Å². The lowest BCUT2D eigenvalue weighted by molar-refractivity contribution is 1.09. The fraction of sp³-hybridized carbons (Fsp3) is 0. The van der Waals surface area contributed by atoms with Crippen LogP contribution in [0.4, 0.5) is 5.69 Å². The van der Waals surface area contributed by atoms with Gasteiger partial charge in [0.2, 0.25) is 0 Å². The number of H-pyrrole nitrogens is 2. The molecular weight excluding hydrogens is 214 g/mol. The lowest BCUT2D eigenvalue weighted by Crippen LogP contribution is -1.88. The van der Waals surface area contributed by atoms with Gasteiger partial charge in [0.25, 0.3) is 0 Å². The van der Waals surface area contributed by atoms with Crippen molar-refractivity contribution in [3.8, 4) is 22.5 Å². The first kappa shape index (κ1) is 9.65. The third-order valence-electron chi connectivity index (χ3n) is 2.64. The zero-order chi connectivity index (χ0) is 11.7. The molecule has 0 aliphatic heterocycles. The van der Waals surface area contributed by atoms with Crippen LogP contribution >= 0.6 is 0 Å². The van der Waals surface area contributed by atoms with E-state index in [0.717, 1.165) is 22.5 Å². The summed E-state index contributed by atoms with van der Waals surface area (Å²) in [6.45, 7) is 0. The van der Waals surface area contributed by atoms with Crippen molar-refractivity contribution >= 4 is 5.69 Å². The molecule has 0 saturated heterocycles. The van der Waals surface area contributed by atoms with Crippen LogP contribution in [0.1, 0.15) is 0 Å². The average Bonchev–Trinajstić information content (AvgIpc) is 2.98. The molecule has 84 valence electrons. The first-order chi connectivity index (χ1) is 8.36. The topological polar surface area (TPSA) is 83.4 Å². The van der Waals surface area contributed by atoms with Gasteiger partial charge in [0, 0.05) is 11.1 Å². The van der Waals surface area contributed by atoms with Gasteiger partial charge < -0.3 is 5.73 Å². The Bertz CT molecular complexity index is 623. The quantitative estimate of drug-likeness (QED) is 0.624. The Balaban J connectivity index is 2.16. The number of nitrogens with zero attached hydrogens (tertiary/aromatic N) is 2. The molecule has 3 rings (SSSR count). The van der Waals surface area contributed by atoms with E-state index in [1.807, 2.05) is 30.3 Å². The molecule has 0 atom stereocenters. The van der Waals surface area contributed by atoms with Crippen molar-refractivity contribution in [2.45, 2.75) is 0 Å². The van der Waals surface area contributed by atoms with Crippen LogP contribution in [0.25, 0.3) is 22.5 Å². The van der Waals surface area contributed by atoms with Crippen molar-refractivity contribution in [3.63, 3.8) is 0 Å². The molecule has 2 aromatic heterocycles.